The first-order chi connectivity index (χ1) is 9.06. The molecular weight excluding hydrogens is 248 g/mol. The van der Waals surface area contributed by atoms with Crippen molar-refractivity contribution in [2.24, 2.45) is 0 Å². The van der Waals surface area contributed by atoms with E-state index in [9.17, 15) is 14.4 Å². The van der Waals surface area contributed by atoms with Gasteiger partial charge in [-0.1, -0.05) is 6.07 Å². The predicted molar refractivity (Wildman–Crippen MR) is 64.8 cm³/mol. The molecule has 0 bridgehead atoms. The van der Waals surface area contributed by atoms with E-state index in [1.165, 1.54) is 12.1 Å². The van der Waals surface area contributed by atoms with Crippen molar-refractivity contribution in [3.8, 4) is 6.07 Å². The lowest BCUT2D eigenvalue weighted by Crippen LogP contribution is -2.40. The van der Waals surface area contributed by atoms with Crippen molar-refractivity contribution < 1.29 is 14.4 Å². The molecule has 0 unspecified atom stereocenters. The van der Waals surface area contributed by atoms with E-state index < -0.39 is 24.3 Å². The van der Waals surface area contributed by atoms with Crippen LogP contribution in [0, 0.1) is 11.3 Å². The van der Waals surface area contributed by atoms with Crippen LogP contribution in [0.15, 0.2) is 18.2 Å². The van der Waals surface area contributed by atoms with Crippen LogP contribution in [0.3, 0.4) is 0 Å². The molecule has 1 aliphatic rings. The Balaban J connectivity index is 2.22. The molecule has 3 N–H and O–H groups in total. The molecule has 0 radical (unpaired) electrons. The molecule has 7 heteroatoms. The summed E-state index contributed by atoms with van der Waals surface area (Å²) in [4.78, 5) is 36.2. The number of anilines is 1. The van der Waals surface area contributed by atoms with Gasteiger partial charge in [-0.15, -0.1) is 0 Å². The Bertz CT molecular complexity index is 618. The number of carbonyl (C=O) groups is 3. The SMILES string of the molecule is N#CCNC(=O)CN1C(=O)c2cccc(N)c2C1=O. The Hall–Kier alpha value is -2.88. The molecule has 0 spiro atoms. The number of nitrogen functional groups attached to an aromatic ring is 1. The van der Waals surface area contributed by atoms with Gasteiger partial charge in [-0.3, -0.25) is 19.3 Å². The number of nitriles is 1. The van der Waals surface area contributed by atoms with E-state index in [0.717, 1.165) is 4.90 Å². The lowest BCUT2D eigenvalue weighted by Gasteiger charge is -2.12. The van der Waals surface area contributed by atoms with Gasteiger partial charge in [0.15, 0.2) is 0 Å². The highest BCUT2D eigenvalue weighted by Crippen LogP contribution is 2.27. The fraction of sp³-hybridized carbons (Fsp3) is 0.167. The van der Waals surface area contributed by atoms with Gasteiger partial charge in [-0.05, 0) is 12.1 Å². The molecule has 0 saturated carbocycles. The molecule has 19 heavy (non-hydrogen) atoms. The first-order valence-corrected chi connectivity index (χ1v) is 5.44. The van der Waals surface area contributed by atoms with Crippen LogP contribution in [0.1, 0.15) is 20.7 Å². The van der Waals surface area contributed by atoms with Gasteiger partial charge in [0.1, 0.15) is 13.1 Å². The van der Waals surface area contributed by atoms with Gasteiger partial charge in [0.2, 0.25) is 5.91 Å². The molecule has 3 amide bonds. The average molecular weight is 258 g/mol. The van der Waals surface area contributed by atoms with Crippen LogP contribution >= 0.6 is 0 Å². The van der Waals surface area contributed by atoms with Crippen LogP contribution in [-0.4, -0.2) is 35.7 Å². The molecule has 0 fully saturated rings. The number of benzene rings is 1. The normalized spacial score (nSPS) is 13.1. The quantitative estimate of drug-likeness (QED) is 0.431. The van der Waals surface area contributed by atoms with Crippen molar-refractivity contribution in [1.29, 1.82) is 5.26 Å². The topological polar surface area (TPSA) is 116 Å². The smallest absolute Gasteiger partial charge is 0.264 e. The third kappa shape index (κ3) is 2.11. The summed E-state index contributed by atoms with van der Waals surface area (Å²) in [5.74, 6) is -1.72. The van der Waals surface area contributed by atoms with E-state index in [1.807, 2.05) is 0 Å². The molecule has 0 atom stereocenters. The van der Waals surface area contributed by atoms with Crippen molar-refractivity contribution in [2.45, 2.75) is 0 Å². The molecule has 1 aromatic rings. The van der Waals surface area contributed by atoms with Crippen LogP contribution in [0.2, 0.25) is 0 Å². The minimum absolute atomic E-state index is 0.126. The predicted octanol–water partition coefficient (Wildman–Crippen LogP) is -0.495. The second kappa shape index (κ2) is 4.78. The molecule has 7 nitrogen and oxygen atoms in total. The zero-order valence-corrected chi connectivity index (χ0v) is 9.84. The Morgan fingerprint density at radius 1 is 1.37 bits per heavy atom. The fourth-order valence-electron chi connectivity index (χ4n) is 1.84. The van der Waals surface area contributed by atoms with Crippen LogP contribution in [0.4, 0.5) is 5.69 Å². The first kappa shape index (κ1) is 12.6. The molecule has 2 rings (SSSR count). The van der Waals surface area contributed by atoms with Crippen molar-refractivity contribution in [3.63, 3.8) is 0 Å². The molecule has 0 saturated heterocycles. The highest BCUT2D eigenvalue weighted by molar-refractivity contribution is 6.24. The maximum atomic E-state index is 12.0. The van der Waals surface area contributed by atoms with Gasteiger partial charge in [0.25, 0.3) is 11.8 Å². The molecule has 0 aromatic heterocycles. The molecule has 1 heterocycles. The van der Waals surface area contributed by atoms with Crippen LogP contribution in [0.25, 0.3) is 0 Å². The Morgan fingerprint density at radius 2 is 2.11 bits per heavy atom. The molecule has 96 valence electrons. The third-order valence-electron chi connectivity index (χ3n) is 2.70. The van der Waals surface area contributed by atoms with Gasteiger partial charge in [0, 0.05) is 5.69 Å². The number of nitrogens with zero attached hydrogens (tertiary/aromatic N) is 2. The molecule has 1 aliphatic heterocycles. The summed E-state index contributed by atoms with van der Waals surface area (Å²) in [6, 6.07) is 6.30. The van der Waals surface area contributed by atoms with Crippen LogP contribution in [-0.2, 0) is 4.79 Å². The highest BCUT2D eigenvalue weighted by atomic mass is 16.2. The van der Waals surface area contributed by atoms with E-state index >= 15 is 0 Å². The molecule has 0 aliphatic carbocycles. The van der Waals surface area contributed by atoms with Crippen molar-refractivity contribution >= 4 is 23.4 Å². The van der Waals surface area contributed by atoms with Gasteiger partial charge in [-0.2, -0.15) is 5.26 Å². The Kier molecular flexibility index (Phi) is 3.16. The minimum Gasteiger partial charge on any atom is -0.398 e. The number of carbonyl (C=O) groups excluding carboxylic acids is 3. The van der Waals surface area contributed by atoms with E-state index in [2.05, 4.69) is 5.32 Å². The number of amides is 3. The number of imide groups is 1. The van der Waals surface area contributed by atoms with Crippen LogP contribution in [0.5, 0.6) is 0 Å². The summed E-state index contributed by atoms with van der Waals surface area (Å²) in [5, 5.41) is 10.6. The van der Waals surface area contributed by atoms with Gasteiger partial charge in [0.05, 0.1) is 17.2 Å². The summed E-state index contributed by atoms with van der Waals surface area (Å²) < 4.78 is 0. The second-order valence-corrected chi connectivity index (χ2v) is 3.90. The lowest BCUT2D eigenvalue weighted by atomic mass is 10.1. The number of nitrogens with one attached hydrogen (secondary N) is 1. The van der Waals surface area contributed by atoms with E-state index in [1.54, 1.807) is 12.1 Å². The van der Waals surface area contributed by atoms with Gasteiger partial charge in [-0.25, -0.2) is 0 Å². The summed E-state index contributed by atoms with van der Waals surface area (Å²) >= 11 is 0. The Labute approximate surface area is 108 Å². The van der Waals surface area contributed by atoms with Crippen molar-refractivity contribution in [3.05, 3.63) is 29.3 Å². The largest absolute Gasteiger partial charge is 0.398 e. The van der Waals surface area contributed by atoms with E-state index in [4.69, 9.17) is 11.0 Å². The second-order valence-electron chi connectivity index (χ2n) is 3.90. The minimum atomic E-state index is -0.592. The number of rotatable bonds is 3. The number of hydrogen-bond donors (Lipinski definition) is 2. The maximum Gasteiger partial charge on any atom is 0.264 e. The summed E-state index contributed by atoms with van der Waals surface area (Å²) in [6.45, 7) is -0.600. The zero-order valence-electron chi connectivity index (χ0n) is 9.84. The lowest BCUT2D eigenvalue weighted by molar-refractivity contribution is -0.121. The van der Waals surface area contributed by atoms with E-state index in [0.29, 0.717) is 0 Å². The number of fused-ring (bicyclic) bond motifs is 1. The van der Waals surface area contributed by atoms with Crippen molar-refractivity contribution in [1.82, 2.24) is 10.2 Å². The van der Waals surface area contributed by atoms with E-state index in [-0.39, 0.29) is 23.4 Å². The fourth-order valence-corrected chi connectivity index (χ4v) is 1.84. The highest BCUT2D eigenvalue weighted by Gasteiger charge is 2.37. The molecule has 1 aromatic carbocycles. The number of nitrogens with two attached hydrogens (primary N) is 1. The third-order valence-corrected chi connectivity index (χ3v) is 2.70. The maximum absolute atomic E-state index is 12.0. The van der Waals surface area contributed by atoms with Gasteiger partial charge >= 0.3 is 0 Å². The first-order valence-electron chi connectivity index (χ1n) is 5.44. The average Bonchev–Trinajstić information content (AvgIpc) is 2.63. The molecular formula is C12H10N4O3. The summed E-state index contributed by atoms with van der Waals surface area (Å²) in [6.07, 6.45) is 0. The standard InChI is InChI=1S/C12H10N4O3/c13-4-5-15-9(17)6-16-11(18)7-2-1-3-8(14)10(7)12(16)19/h1-3H,5-6,14H2,(H,15,17). The van der Waals surface area contributed by atoms with Crippen molar-refractivity contribution in [2.75, 3.05) is 18.8 Å². The number of hydrogen-bond acceptors (Lipinski definition) is 5. The zero-order chi connectivity index (χ0) is 14.0. The Morgan fingerprint density at radius 3 is 2.74 bits per heavy atom. The van der Waals surface area contributed by atoms with Crippen LogP contribution < -0.4 is 11.1 Å². The summed E-state index contributed by atoms with van der Waals surface area (Å²) in [7, 11) is 0. The monoisotopic (exact) mass is 258 g/mol. The van der Waals surface area contributed by atoms with Gasteiger partial charge < -0.3 is 11.1 Å². The summed E-state index contributed by atoms with van der Waals surface area (Å²) in [5.41, 5.74) is 6.18.